The molecule has 0 aliphatic rings. The summed E-state index contributed by atoms with van der Waals surface area (Å²) in [6, 6.07) is 7.88. The lowest BCUT2D eigenvalue weighted by Crippen LogP contribution is -2.16. The summed E-state index contributed by atoms with van der Waals surface area (Å²) in [6.07, 6.45) is 4.86. The number of hydrogen-bond donors (Lipinski definition) is 1. The second-order valence-electron chi connectivity index (χ2n) is 4.19. The average Bonchev–Trinajstić information content (AvgIpc) is 2.83. The molecule has 1 heterocycles. The molecule has 0 spiro atoms. The summed E-state index contributed by atoms with van der Waals surface area (Å²) in [5.41, 5.74) is 2.23. The minimum absolute atomic E-state index is 0.757. The molecule has 1 aromatic heterocycles. The van der Waals surface area contributed by atoms with Crippen LogP contribution in [0.15, 0.2) is 36.8 Å². The highest BCUT2D eigenvalue weighted by molar-refractivity contribution is 6.30. The first-order valence-corrected chi connectivity index (χ1v) is 6.66. The molecule has 0 bridgehead atoms. The maximum Gasteiger partial charge on any atom is 0.0950 e. The van der Waals surface area contributed by atoms with Crippen LogP contribution in [-0.2, 0) is 6.54 Å². The number of hydrogen-bond acceptors (Lipinski definition) is 2. The number of halogens is 1. The molecule has 0 unspecified atom stereocenters. The van der Waals surface area contributed by atoms with E-state index >= 15 is 0 Å². The lowest BCUT2D eigenvalue weighted by molar-refractivity contribution is 0.595. The second kappa shape index (κ2) is 6.57. The van der Waals surface area contributed by atoms with E-state index in [1.807, 2.05) is 30.7 Å². The molecule has 0 radical (unpaired) electrons. The van der Waals surface area contributed by atoms with Gasteiger partial charge in [-0.3, -0.25) is 0 Å². The minimum Gasteiger partial charge on any atom is -0.331 e. The van der Waals surface area contributed by atoms with Crippen LogP contribution in [-0.4, -0.2) is 22.6 Å². The van der Waals surface area contributed by atoms with E-state index in [2.05, 4.69) is 27.9 Å². The molecule has 2 rings (SSSR count). The Morgan fingerprint density at radius 1 is 1.39 bits per heavy atom. The zero-order chi connectivity index (χ0) is 12.8. The summed E-state index contributed by atoms with van der Waals surface area (Å²) in [4.78, 5) is 4.23. The molecule has 4 heteroatoms. The Balaban J connectivity index is 2.08. The van der Waals surface area contributed by atoms with Crippen molar-refractivity contribution in [1.29, 1.82) is 0 Å². The predicted molar refractivity (Wildman–Crippen MR) is 75.8 cm³/mol. The van der Waals surface area contributed by atoms with Crippen LogP contribution in [0.25, 0.3) is 11.3 Å². The number of aryl methyl sites for hydroxylation is 1. The predicted octanol–water partition coefficient (Wildman–Crippen LogP) is 3.20. The molecule has 3 nitrogen and oxygen atoms in total. The molecule has 0 saturated heterocycles. The zero-order valence-electron chi connectivity index (χ0n) is 10.6. The van der Waals surface area contributed by atoms with Gasteiger partial charge in [-0.1, -0.05) is 30.7 Å². The fourth-order valence-corrected chi connectivity index (χ4v) is 2.13. The number of rotatable bonds is 6. The molecule has 1 N–H and O–H groups in total. The summed E-state index contributed by atoms with van der Waals surface area (Å²) in [7, 11) is 0. The van der Waals surface area contributed by atoms with Gasteiger partial charge >= 0.3 is 0 Å². The van der Waals surface area contributed by atoms with Crippen molar-refractivity contribution in [1.82, 2.24) is 14.9 Å². The quantitative estimate of drug-likeness (QED) is 0.811. The van der Waals surface area contributed by atoms with Gasteiger partial charge in [0.15, 0.2) is 0 Å². The standard InChI is InChI=1S/C14H18ClN3/c1-2-16-7-4-8-18-11-17-10-14(18)12-5-3-6-13(15)9-12/h3,5-6,9-11,16H,2,4,7-8H2,1H3. The molecule has 0 aliphatic heterocycles. The first-order valence-electron chi connectivity index (χ1n) is 6.28. The van der Waals surface area contributed by atoms with Gasteiger partial charge in [-0.15, -0.1) is 0 Å². The van der Waals surface area contributed by atoms with E-state index in [1.54, 1.807) is 0 Å². The highest BCUT2D eigenvalue weighted by Crippen LogP contribution is 2.22. The molecule has 0 fully saturated rings. The zero-order valence-corrected chi connectivity index (χ0v) is 11.3. The SMILES string of the molecule is CCNCCCn1cncc1-c1cccc(Cl)c1. The third-order valence-corrected chi connectivity index (χ3v) is 3.07. The molecule has 2 aromatic rings. The van der Waals surface area contributed by atoms with Crippen LogP contribution < -0.4 is 5.32 Å². The first kappa shape index (κ1) is 13.1. The van der Waals surface area contributed by atoms with Crippen molar-refractivity contribution >= 4 is 11.6 Å². The van der Waals surface area contributed by atoms with Crippen LogP contribution in [0.5, 0.6) is 0 Å². The third-order valence-electron chi connectivity index (χ3n) is 2.84. The van der Waals surface area contributed by atoms with E-state index in [9.17, 15) is 0 Å². The van der Waals surface area contributed by atoms with Crippen molar-refractivity contribution in [2.45, 2.75) is 19.9 Å². The van der Waals surface area contributed by atoms with Gasteiger partial charge in [-0.25, -0.2) is 4.98 Å². The van der Waals surface area contributed by atoms with Gasteiger partial charge in [0.05, 0.1) is 18.2 Å². The van der Waals surface area contributed by atoms with Gasteiger partial charge in [0.2, 0.25) is 0 Å². The third kappa shape index (κ3) is 3.34. The Morgan fingerprint density at radius 3 is 3.06 bits per heavy atom. The van der Waals surface area contributed by atoms with Gasteiger partial charge < -0.3 is 9.88 Å². The number of benzene rings is 1. The molecule has 0 aliphatic carbocycles. The fourth-order valence-electron chi connectivity index (χ4n) is 1.94. The van der Waals surface area contributed by atoms with Crippen LogP contribution >= 0.6 is 11.6 Å². The van der Waals surface area contributed by atoms with E-state index in [1.165, 1.54) is 0 Å². The Bertz CT molecular complexity index is 493. The van der Waals surface area contributed by atoms with E-state index in [0.29, 0.717) is 0 Å². The Kier molecular flexibility index (Phi) is 4.79. The Labute approximate surface area is 113 Å². The van der Waals surface area contributed by atoms with Gasteiger partial charge in [0.25, 0.3) is 0 Å². The molecule has 0 saturated carbocycles. The van der Waals surface area contributed by atoms with Crippen LogP contribution in [0.2, 0.25) is 5.02 Å². The summed E-state index contributed by atoms with van der Waals surface area (Å²) in [5.74, 6) is 0. The van der Waals surface area contributed by atoms with Crippen LogP contribution in [0, 0.1) is 0 Å². The molecule has 0 atom stereocenters. The molecular formula is C14H18ClN3. The number of imidazole rings is 1. The lowest BCUT2D eigenvalue weighted by Gasteiger charge is -2.08. The minimum atomic E-state index is 0.757. The highest BCUT2D eigenvalue weighted by atomic mass is 35.5. The smallest absolute Gasteiger partial charge is 0.0950 e. The maximum atomic E-state index is 6.02. The number of nitrogens with zero attached hydrogens (tertiary/aromatic N) is 2. The monoisotopic (exact) mass is 263 g/mol. The lowest BCUT2D eigenvalue weighted by atomic mass is 10.1. The van der Waals surface area contributed by atoms with Crippen molar-refractivity contribution in [3.8, 4) is 11.3 Å². The van der Waals surface area contributed by atoms with Gasteiger partial charge in [-0.05, 0) is 31.6 Å². The van der Waals surface area contributed by atoms with Crippen LogP contribution in [0.4, 0.5) is 0 Å². The Hall–Kier alpha value is -1.32. The summed E-state index contributed by atoms with van der Waals surface area (Å²) in [6.45, 7) is 5.14. The molecule has 18 heavy (non-hydrogen) atoms. The van der Waals surface area contributed by atoms with E-state index in [4.69, 9.17) is 11.6 Å². The van der Waals surface area contributed by atoms with Crippen LogP contribution in [0.1, 0.15) is 13.3 Å². The van der Waals surface area contributed by atoms with Gasteiger partial charge in [-0.2, -0.15) is 0 Å². The highest BCUT2D eigenvalue weighted by Gasteiger charge is 2.05. The molecule has 96 valence electrons. The second-order valence-corrected chi connectivity index (χ2v) is 4.63. The van der Waals surface area contributed by atoms with E-state index in [0.717, 1.165) is 42.3 Å². The first-order chi connectivity index (χ1) is 8.81. The fraction of sp³-hybridized carbons (Fsp3) is 0.357. The van der Waals surface area contributed by atoms with Crippen LogP contribution in [0.3, 0.4) is 0 Å². The normalized spacial score (nSPS) is 10.8. The van der Waals surface area contributed by atoms with Crippen molar-refractivity contribution in [2.75, 3.05) is 13.1 Å². The summed E-state index contributed by atoms with van der Waals surface area (Å²) in [5, 5.41) is 4.08. The van der Waals surface area contributed by atoms with Crippen molar-refractivity contribution < 1.29 is 0 Å². The maximum absolute atomic E-state index is 6.02. The van der Waals surface area contributed by atoms with E-state index in [-0.39, 0.29) is 0 Å². The van der Waals surface area contributed by atoms with Crippen molar-refractivity contribution in [2.24, 2.45) is 0 Å². The molecule has 0 amide bonds. The molecular weight excluding hydrogens is 246 g/mol. The molecule has 1 aromatic carbocycles. The largest absolute Gasteiger partial charge is 0.331 e. The number of aromatic nitrogens is 2. The topological polar surface area (TPSA) is 29.9 Å². The Morgan fingerprint density at radius 2 is 2.28 bits per heavy atom. The average molecular weight is 264 g/mol. The van der Waals surface area contributed by atoms with Gasteiger partial charge in [0.1, 0.15) is 0 Å². The number of nitrogens with one attached hydrogen (secondary N) is 1. The van der Waals surface area contributed by atoms with Crippen molar-refractivity contribution in [3.05, 3.63) is 41.8 Å². The van der Waals surface area contributed by atoms with Crippen molar-refractivity contribution in [3.63, 3.8) is 0 Å². The van der Waals surface area contributed by atoms with Gasteiger partial charge in [0, 0.05) is 17.1 Å². The summed E-state index contributed by atoms with van der Waals surface area (Å²) >= 11 is 6.02. The summed E-state index contributed by atoms with van der Waals surface area (Å²) < 4.78 is 2.17. The van der Waals surface area contributed by atoms with E-state index < -0.39 is 0 Å².